The van der Waals surface area contributed by atoms with Gasteiger partial charge in [0, 0.05) is 6.04 Å². The van der Waals surface area contributed by atoms with Crippen molar-refractivity contribution in [3.63, 3.8) is 0 Å². The zero-order valence-corrected chi connectivity index (χ0v) is 7.88. The molecular formula is C10H15N3. The molecule has 0 amide bonds. The molecular weight excluding hydrogens is 162 g/mol. The maximum Gasteiger partial charge on any atom is 0.126 e. The van der Waals surface area contributed by atoms with Crippen molar-refractivity contribution in [2.75, 3.05) is 11.1 Å². The average Bonchev–Trinajstić information content (AvgIpc) is 2.04. The van der Waals surface area contributed by atoms with E-state index in [2.05, 4.69) is 10.3 Å². The standard InChI is InChI=1S/C10H15N3/c1-7-9(11)5-6-10(12-7)13-8-3-2-4-8/h5-6,8H,2-4,11H2,1H3,(H,12,13). The Bertz CT molecular complexity index is 305. The maximum absolute atomic E-state index is 5.68. The SMILES string of the molecule is Cc1nc(NC2CCC2)ccc1N. The summed E-state index contributed by atoms with van der Waals surface area (Å²) in [5.74, 6) is 0.955. The summed E-state index contributed by atoms with van der Waals surface area (Å²) in [6.07, 6.45) is 3.88. The van der Waals surface area contributed by atoms with Crippen LogP contribution in [-0.4, -0.2) is 11.0 Å². The van der Waals surface area contributed by atoms with Gasteiger partial charge in [-0.05, 0) is 38.3 Å². The molecule has 1 aliphatic rings. The molecule has 0 saturated heterocycles. The van der Waals surface area contributed by atoms with E-state index in [4.69, 9.17) is 5.73 Å². The summed E-state index contributed by atoms with van der Waals surface area (Å²) in [4.78, 5) is 4.36. The minimum absolute atomic E-state index is 0.635. The fraction of sp³-hybridized carbons (Fsp3) is 0.500. The highest BCUT2D eigenvalue weighted by atomic mass is 15.0. The van der Waals surface area contributed by atoms with Crippen molar-refractivity contribution in [2.45, 2.75) is 32.2 Å². The second-order valence-electron chi connectivity index (χ2n) is 3.64. The molecule has 0 bridgehead atoms. The van der Waals surface area contributed by atoms with Crippen molar-refractivity contribution in [1.29, 1.82) is 0 Å². The number of aromatic nitrogens is 1. The van der Waals surface area contributed by atoms with Gasteiger partial charge in [0.05, 0.1) is 11.4 Å². The predicted octanol–water partition coefficient (Wildman–Crippen LogP) is 1.94. The number of nitrogen functional groups attached to an aromatic ring is 1. The maximum atomic E-state index is 5.68. The lowest BCUT2D eigenvalue weighted by Crippen LogP contribution is -2.27. The first-order chi connectivity index (χ1) is 6.25. The molecule has 0 radical (unpaired) electrons. The van der Waals surface area contributed by atoms with Crippen molar-refractivity contribution < 1.29 is 0 Å². The first-order valence-electron chi connectivity index (χ1n) is 4.75. The molecule has 0 unspecified atom stereocenters. The van der Waals surface area contributed by atoms with E-state index >= 15 is 0 Å². The van der Waals surface area contributed by atoms with Crippen LogP contribution < -0.4 is 11.1 Å². The van der Waals surface area contributed by atoms with Gasteiger partial charge in [0.15, 0.2) is 0 Å². The van der Waals surface area contributed by atoms with Crippen molar-refractivity contribution in [3.05, 3.63) is 17.8 Å². The largest absolute Gasteiger partial charge is 0.397 e. The average molecular weight is 177 g/mol. The second-order valence-corrected chi connectivity index (χ2v) is 3.64. The first-order valence-corrected chi connectivity index (χ1v) is 4.75. The minimum Gasteiger partial charge on any atom is -0.397 e. The smallest absolute Gasteiger partial charge is 0.126 e. The van der Waals surface area contributed by atoms with E-state index in [9.17, 15) is 0 Å². The number of hydrogen-bond acceptors (Lipinski definition) is 3. The van der Waals surface area contributed by atoms with Gasteiger partial charge in [0.1, 0.15) is 5.82 Å². The minimum atomic E-state index is 0.635. The van der Waals surface area contributed by atoms with Crippen LogP contribution in [0.3, 0.4) is 0 Å². The van der Waals surface area contributed by atoms with Crippen LogP contribution >= 0.6 is 0 Å². The highest BCUT2D eigenvalue weighted by molar-refractivity contribution is 5.49. The Balaban J connectivity index is 2.07. The molecule has 1 aliphatic carbocycles. The number of nitrogens with two attached hydrogens (primary N) is 1. The van der Waals surface area contributed by atoms with Gasteiger partial charge in [-0.2, -0.15) is 0 Å². The van der Waals surface area contributed by atoms with Crippen LogP contribution in [0.15, 0.2) is 12.1 Å². The zero-order chi connectivity index (χ0) is 9.26. The third-order valence-corrected chi connectivity index (χ3v) is 2.58. The molecule has 1 fully saturated rings. The Labute approximate surface area is 78.4 Å². The number of nitrogens with zero attached hydrogens (tertiary/aromatic N) is 1. The van der Waals surface area contributed by atoms with Crippen LogP contribution in [0.25, 0.3) is 0 Å². The molecule has 3 heteroatoms. The molecule has 1 aromatic heterocycles. The topological polar surface area (TPSA) is 50.9 Å². The van der Waals surface area contributed by atoms with Gasteiger partial charge in [-0.3, -0.25) is 0 Å². The summed E-state index contributed by atoms with van der Waals surface area (Å²) >= 11 is 0. The van der Waals surface area contributed by atoms with E-state index in [1.165, 1.54) is 19.3 Å². The van der Waals surface area contributed by atoms with Gasteiger partial charge >= 0.3 is 0 Å². The van der Waals surface area contributed by atoms with E-state index in [-0.39, 0.29) is 0 Å². The summed E-state index contributed by atoms with van der Waals surface area (Å²) < 4.78 is 0. The zero-order valence-electron chi connectivity index (χ0n) is 7.88. The molecule has 3 N–H and O–H groups in total. The van der Waals surface area contributed by atoms with Gasteiger partial charge in [0.25, 0.3) is 0 Å². The molecule has 0 atom stereocenters. The fourth-order valence-electron chi connectivity index (χ4n) is 1.41. The Morgan fingerprint density at radius 2 is 2.23 bits per heavy atom. The Morgan fingerprint density at radius 1 is 1.46 bits per heavy atom. The first kappa shape index (κ1) is 8.35. The Hall–Kier alpha value is -1.25. The monoisotopic (exact) mass is 177 g/mol. The van der Waals surface area contributed by atoms with Gasteiger partial charge in [0.2, 0.25) is 0 Å². The molecule has 70 valence electrons. The normalized spacial score (nSPS) is 16.7. The number of rotatable bonds is 2. The van der Waals surface area contributed by atoms with Crippen LogP contribution in [0.5, 0.6) is 0 Å². The molecule has 0 aromatic carbocycles. The van der Waals surface area contributed by atoms with E-state index in [1.54, 1.807) is 0 Å². The molecule has 1 aromatic rings. The second kappa shape index (κ2) is 3.24. The third kappa shape index (κ3) is 1.74. The van der Waals surface area contributed by atoms with E-state index in [0.29, 0.717) is 6.04 Å². The lowest BCUT2D eigenvalue weighted by molar-refractivity contribution is 0.444. The lowest BCUT2D eigenvalue weighted by Gasteiger charge is -2.27. The van der Waals surface area contributed by atoms with Gasteiger partial charge in [-0.1, -0.05) is 0 Å². The molecule has 0 spiro atoms. The fourth-order valence-corrected chi connectivity index (χ4v) is 1.41. The molecule has 1 saturated carbocycles. The number of nitrogens with one attached hydrogen (secondary N) is 1. The van der Waals surface area contributed by atoms with Crippen molar-refractivity contribution in [1.82, 2.24) is 4.98 Å². The lowest BCUT2D eigenvalue weighted by atomic mass is 9.93. The van der Waals surface area contributed by atoms with Crippen LogP contribution in [0.2, 0.25) is 0 Å². The third-order valence-electron chi connectivity index (χ3n) is 2.58. The van der Waals surface area contributed by atoms with Crippen LogP contribution in [0, 0.1) is 6.92 Å². The number of pyridine rings is 1. The van der Waals surface area contributed by atoms with Gasteiger partial charge < -0.3 is 11.1 Å². The van der Waals surface area contributed by atoms with Crippen molar-refractivity contribution in [2.24, 2.45) is 0 Å². The Morgan fingerprint density at radius 3 is 2.77 bits per heavy atom. The number of aryl methyl sites for hydroxylation is 1. The summed E-state index contributed by atoms with van der Waals surface area (Å²) in [6, 6.07) is 4.49. The van der Waals surface area contributed by atoms with E-state index < -0.39 is 0 Å². The summed E-state index contributed by atoms with van der Waals surface area (Å²) in [7, 11) is 0. The molecule has 2 rings (SSSR count). The predicted molar refractivity (Wildman–Crippen MR) is 54.6 cm³/mol. The molecule has 1 heterocycles. The van der Waals surface area contributed by atoms with Crippen LogP contribution in [0.4, 0.5) is 11.5 Å². The van der Waals surface area contributed by atoms with E-state index in [0.717, 1.165) is 17.2 Å². The van der Waals surface area contributed by atoms with Crippen LogP contribution in [-0.2, 0) is 0 Å². The van der Waals surface area contributed by atoms with Gasteiger partial charge in [-0.25, -0.2) is 4.98 Å². The summed E-state index contributed by atoms with van der Waals surface area (Å²) in [5, 5.41) is 3.38. The highest BCUT2D eigenvalue weighted by Gasteiger charge is 2.17. The van der Waals surface area contributed by atoms with Crippen molar-refractivity contribution >= 4 is 11.5 Å². The molecule has 3 nitrogen and oxygen atoms in total. The van der Waals surface area contributed by atoms with Crippen molar-refractivity contribution in [3.8, 4) is 0 Å². The number of hydrogen-bond donors (Lipinski definition) is 2. The van der Waals surface area contributed by atoms with E-state index in [1.807, 2.05) is 19.1 Å². The quantitative estimate of drug-likeness (QED) is 0.725. The van der Waals surface area contributed by atoms with Gasteiger partial charge in [-0.15, -0.1) is 0 Å². The van der Waals surface area contributed by atoms with Crippen LogP contribution in [0.1, 0.15) is 25.0 Å². The Kier molecular flexibility index (Phi) is 2.08. The summed E-state index contributed by atoms with van der Waals surface area (Å²) in [5.41, 5.74) is 7.35. The molecule has 13 heavy (non-hydrogen) atoms. The number of anilines is 2. The summed E-state index contributed by atoms with van der Waals surface area (Å²) in [6.45, 7) is 1.93. The molecule has 0 aliphatic heterocycles. The highest BCUT2D eigenvalue weighted by Crippen LogP contribution is 2.22.